The zero-order chi connectivity index (χ0) is 19.6. The Morgan fingerprint density at radius 2 is 2.07 bits per heavy atom. The zero-order valence-electron chi connectivity index (χ0n) is 17.3. The second-order valence-electron chi connectivity index (χ2n) is 7.82. The lowest BCUT2D eigenvalue weighted by atomic mass is 9.89. The number of carbonyl (C=O) groups is 1. The number of nitrogens with zero attached hydrogens (tertiary/aromatic N) is 3. The maximum Gasteiger partial charge on any atom is 0.226 e. The van der Waals surface area contributed by atoms with E-state index in [4.69, 9.17) is 4.98 Å². The molecular formula is C22H32N4O. The number of aromatic nitrogens is 2. The summed E-state index contributed by atoms with van der Waals surface area (Å²) in [6, 6.07) is 0. The van der Waals surface area contributed by atoms with Crippen LogP contribution in [0.1, 0.15) is 50.3 Å². The second kappa shape index (κ2) is 8.15. The lowest BCUT2D eigenvalue weighted by molar-refractivity contribution is -0.133. The van der Waals surface area contributed by atoms with E-state index in [9.17, 15) is 4.79 Å². The van der Waals surface area contributed by atoms with E-state index in [1.165, 1.54) is 11.1 Å². The third-order valence-electron chi connectivity index (χ3n) is 5.98. The topological polar surface area (TPSA) is 50.2 Å². The van der Waals surface area contributed by atoms with E-state index >= 15 is 0 Å². The SMILES string of the molecule is CC1=C(CN/C(=C/CC(=O)N2CCC2)c2nc(C)c(C)n2C)C(C)CC=C1. The molecule has 3 rings (SSSR count). The van der Waals surface area contributed by atoms with Crippen LogP contribution < -0.4 is 5.32 Å². The average Bonchev–Trinajstić information content (AvgIpc) is 2.83. The molecule has 5 heteroatoms. The number of amides is 1. The molecule has 1 aliphatic heterocycles. The first-order valence-corrected chi connectivity index (χ1v) is 9.96. The molecule has 1 aliphatic carbocycles. The van der Waals surface area contributed by atoms with Crippen LogP contribution in [0.5, 0.6) is 0 Å². The predicted octanol–water partition coefficient (Wildman–Crippen LogP) is 3.50. The number of imidazole rings is 1. The Hall–Kier alpha value is -2.30. The summed E-state index contributed by atoms with van der Waals surface area (Å²) in [5.41, 5.74) is 5.89. The van der Waals surface area contributed by atoms with Crippen molar-refractivity contribution in [2.24, 2.45) is 13.0 Å². The van der Waals surface area contributed by atoms with Gasteiger partial charge in [0.1, 0.15) is 0 Å². The van der Waals surface area contributed by atoms with Gasteiger partial charge in [-0.1, -0.05) is 24.6 Å². The predicted molar refractivity (Wildman–Crippen MR) is 110 cm³/mol. The number of hydrogen-bond acceptors (Lipinski definition) is 3. The smallest absolute Gasteiger partial charge is 0.226 e. The first-order valence-electron chi connectivity index (χ1n) is 9.96. The average molecular weight is 369 g/mol. The summed E-state index contributed by atoms with van der Waals surface area (Å²) >= 11 is 0. The fraction of sp³-hybridized carbons (Fsp3) is 0.545. The molecule has 27 heavy (non-hydrogen) atoms. The Balaban J connectivity index is 1.81. The summed E-state index contributed by atoms with van der Waals surface area (Å²) in [7, 11) is 2.04. The van der Waals surface area contributed by atoms with E-state index in [1.54, 1.807) is 0 Å². The lowest BCUT2D eigenvalue weighted by Gasteiger charge is -2.30. The summed E-state index contributed by atoms with van der Waals surface area (Å²) in [6.45, 7) is 11.1. The van der Waals surface area contributed by atoms with Crippen molar-refractivity contribution in [1.82, 2.24) is 19.8 Å². The van der Waals surface area contributed by atoms with Crippen LogP contribution in [-0.4, -0.2) is 40.0 Å². The molecule has 2 aliphatic rings. The van der Waals surface area contributed by atoms with E-state index in [0.717, 1.165) is 55.4 Å². The van der Waals surface area contributed by atoms with Crippen molar-refractivity contribution in [3.8, 4) is 0 Å². The first-order chi connectivity index (χ1) is 12.9. The molecule has 1 amide bonds. The largest absolute Gasteiger partial charge is 0.379 e. The highest BCUT2D eigenvalue weighted by Gasteiger charge is 2.20. The van der Waals surface area contributed by atoms with Crippen molar-refractivity contribution >= 4 is 11.6 Å². The summed E-state index contributed by atoms with van der Waals surface area (Å²) in [5, 5.41) is 3.59. The summed E-state index contributed by atoms with van der Waals surface area (Å²) in [5.74, 6) is 1.64. The molecule has 146 valence electrons. The fourth-order valence-electron chi connectivity index (χ4n) is 3.67. The quantitative estimate of drug-likeness (QED) is 0.836. The van der Waals surface area contributed by atoms with E-state index in [1.807, 2.05) is 24.9 Å². The molecule has 1 atom stereocenters. The number of aryl methyl sites for hydroxylation is 1. The summed E-state index contributed by atoms with van der Waals surface area (Å²) in [6.07, 6.45) is 9.10. The third-order valence-corrected chi connectivity index (χ3v) is 5.98. The van der Waals surface area contributed by atoms with Crippen LogP contribution in [0, 0.1) is 19.8 Å². The number of allylic oxidation sites excluding steroid dienone is 3. The van der Waals surface area contributed by atoms with E-state index in [0.29, 0.717) is 12.3 Å². The van der Waals surface area contributed by atoms with Crippen molar-refractivity contribution < 1.29 is 4.79 Å². The van der Waals surface area contributed by atoms with Crippen LogP contribution in [-0.2, 0) is 11.8 Å². The minimum atomic E-state index is 0.201. The number of nitrogens with one attached hydrogen (secondary N) is 1. The van der Waals surface area contributed by atoms with Gasteiger partial charge >= 0.3 is 0 Å². The normalized spacial score (nSPS) is 20.1. The molecule has 0 radical (unpaired) electrons. The Morgan fingerprint density at radius 1 is 1.33 bits per heavy atom. The summed E-state index contributed by atoms with van der Waals surface area (Å²) < 4.78 is 2.10. The second-order valence-corrected chi connectivity index (χ2v) is 7.82. The van der Waals surface area contributed by atoms with E-state index in [2.05, 4.69) is 42.8 Å². The van der Waals surface area contributed by atoms with Gasteiger partial charge in [-0.15, -0.1) is 0 Å². The monoisotopic (exact) mass is 368 g/mol. The number of rotatable bonds is 6. The highest BCUT2D eigenvalue weighted by Crippen LogP contribution is 2.25. The van der Waals surface area contributed by atoms with E-state index < -0.39 is 0 Å². The van der Waals surface area contributed by atoms with Crippen molar-refractivity contribution in [1.29, 1.82) is 0 Å². The fourth-order valence-corrected chi connectivity index (χ4v) is 3.67. The molecule has 1 unspecified atom stereocenters. The van der Waals surface area contributed by atoms with Crippen LogP contribution >= 0.6 is 0 Å². The van der Waals surface area contributed by atoms with Gasteiger partial charge in [0.05, 0.1) is 11.4 Å². The Morgan fingerprint density at radius 3 is 2.63 bits per heavy atom. The zero-order valence-corrected chi connectivity index (χ0v) is 17.3. The van der Waals surface area contributed by atoms with Crippen molar-refractivity contribution in [3.63, 3.8) is 0 Å². The molecular weight excluding hydrogens is 336 g/mol. The highest BCUT2D eigenvalue weighted by molar-refractivity contribution is 5.80. The van der Waals surface area contributed by atoms with Gasteiger partial charge < -0.3 is 14.8 Å². The molecule has 1 aromatic rings. The van der Waals surface area contributed by atoms with Gasteiger partial charge in [-0.25, -0.2) is 4.98 Å². The lowest BCUT2D eigenvalue weighted by Crippen LogP contribution is -2.41. The molecule has 0 bridgehead atoms. The van der Waals surface area contributed by atoms with Crippen LogP contribution in [0.2, 0.25) is 0 Å². The molecule has 1 saturated heterocycles. The van der Waals surface area contributed by atoms with Crippen molar-refractivity contribution in [2.45, 2.75) is 47.0 Å². The Labute approximate surface area is 162 Å². The van der Waals surface area contributed by atoms with Gasteiger partial charge in [0.15, 0.2) is 5.82 Å². The van der Waals surface area contributed by atoms with Gasteiger partial charge in [-0.2, -0.15) is 0 Å². The Bertz CT molecular complexity index is 809. The van der Waals surface area contributed by atoms with Gasteiger partial charge in [0.25, 0.3) is 0 Å². The molecule has 0 spiro atoms. The van der Waals surface area contributed by atoms with Gasteiger partial charge in [-0.3, -0.25) is 4.79 Å². The van der Waals surface area contributed by atoms with E-state index in [-0.39, 0.29) is 5.91 Å². The molecule has 5 nitrogen and oxygen atoms in total. The van der Waals surface area contributed by atoms with Crippen LogP contribution in [0.25, 0.3) is 5.70 Å². The van der Waals surface area contributed by atoms with Crippen molar-refractivity contribution in [2.75, 3.05) is 19.6 Å². The maximum absolute atomic E-state index is 12.3. The van der Waals surface area contributed by atoms with Crippen LogP contribution in [0.3, 0.4) is 0 Å². The Kier molecular flexibility index (Phi) is 5.88. The first kappa shape index (κ1) is 19.5. The molecule has 1 aromatic heterocycles. The highest BCUT2D eigenvalue weighted by atomic mass is 16.2. The number of carbonyl (C=O) groups excluding carboxylic acids is 1. The van der Waals surface area contributed by atoms with Crippen LogP contribution in [0.15, 0.2) is 29.4 Å². The molecule has 1 fully saturated rings. The molecule has 2 heterocycles. The molecule has 0 saturated carbocycles. The number of likely N-dealkylation sites (tertiary alicyclic amines) is 1. The maximum atomic E-state index is 12.3. The summed E-state index contributed by atoms with van der Waals surface area (Å²) in [4.78, 5) is 19.0. The molecule has 0 aromatic carbocycles. The molecule has 1 N–H and O–H groups in total. The standard InChI is InChI=1S/C22H32N4O/c1-15-8-6-9-16(2)19(15)14-23-20(10-11-21(27)26-12-7-13-26)22-24-17(3)18(4)25(22)5/h6,8,10,16,23H,7,9,11-14H2,1-5H3/b20-10+. The minimum Gasteiger partial charge on any atom is -0.379 e. The third kappa shape index (κ3) is 4.18. The van der Waals surface area contributed by atoms with Gasteiger partial charge in [0.2, 0.25) is 5.91 Å². The van der Waals surface area contributed by atoms with Gasteiger partial charge in [0, 0.05) is 38.8 Å². The van der Waals surface area contributed by atoms with Gasteiger partial charge in [-0.05, 0) is 51.2 Å². The minimum absolute atomic E-state index is 0.201. The van der Waals surface area contributed by atoms with Crippen LogP contribution in [0.4, 0.5) is 0 Å². The number of hydrogen-bond donors (Lipinski definition) is 1. The van der Waals surface area contributed by atoms with Crippen molar-refractivity contribution in [3.05, 3.63) is 46.6 Å².